The van der Waals surface area contributed by atoms with Gasteiger partial charge in [-0.25, -0.2) is 4.68 Å². The van der Waals surface area contributed by atoms with Gasteiger partial charge in [0.15, 0.2) is 5.78 Å². The number of allylic oxidation sites excluding steroid dienone is 3. The van der Waals surface area contributed by atoms with Gasteiger partial charge in [0.25, 0.3) is 0 Å². The molecular weight excluding hydrogens is 245 g/mol. The molecule has 0 saturated heterocycles. The lowest BCUT2D eigenvalue weighted by Gasteiger charge is -2.00. The number of hydrogen-bond donors (Lipinski definition) is 0. The smallest absolute Gasteiger partial charge is 0.294 e. The first-order valence-electron chi connectivity index (χ1n) is 5.20. The third kappa shape index (κ3) is 3.87. The highest BCUT2D eigenvalue weighted by Crippen LogP contribution is 2.17. The lowest BCUT2D eigenvalue weighted by atomic mass is 10.2. The van der Waals surface area contributed by atoms with Crippen molar-refractivity contribution in [3.05, 3.63) is 35.2 Å². The average molecular weight is 258 g/mol. The summed E-state index contributed by atoms with van der Waals surface area (Å²) in [4.78, 5) is 11.2. The molecule has 0 saturated carbocycles. The minimum atomic E-state index is -4.33. The van der Waals surface area contributed by atoms with Crippen molar-refractivity contribution in [2.45, 2.75) is 26.9 Å². The third-order valence-corrected chi connectivity index (χ3v) is 2.29. The lowest BCUT2D eigenvalue weighted by Crippen LogP contribution is -2.01. The number of ketones is 1. The molecule has 1 aromatic rings. The lowest BCUT2D eigenvalue weighted by molar-refractivity contribution is -0.0798. The van der Waals surface area contributed by atoms with Crippen LogP contribution in [0.5, 0.6) is 0 Å². The fourth-order valence-corrected chi connectivity index (χ4v) is 1.36. The summed E-state index contributed by atoms with van der Waals surface area (Å²) in [6, 6.07) is 0. The first kappa shape index (κ1) is 14.2. The Morgan fingerprint density at radius 2 is 2.00 bits per heavy atom. The van der Waals surface area contributed by atoms with Crippen molar-refractivity contribution in [1.82, 2.24) is 9.78 Å². The summed E-state index contributed by atoms with van der Waals surface area (Å²) < 4.78 is 37.3. The van der Waals surface area contributed by atoms with Crippen molar-refractivity contribution in [2.75, 3.05) is 0 Å². The van der Waals surface area contributed by atoms with Crippen LogP contribution in [0.2, 0.25) is 0 Å². The largest absolute Gasteiger partial charge is 0.409 e. The summed E-state index contributed by atoms with van der Waals surface area (Å²) in [5.41, 5.74) is 1.44. The van der Waals surface area contributed by atoms with Crippen LogP contribution in [-0.2, 0) is 0 Å². The molecule has 18 heavy (non-hydrogen) atoms. The molecule has 0 unspecified atom stereocenters. The Kier molecular flexibility index (Phi) is 4.11. The first-order chi connectivity index (χ1) is 8.20. The monoisotopic (exact) mass is 258 g/mol. The van der Waals surface area contributed by atoms with Gasteiger partial charge in [0.1, 0.15) is 0 Å². The van der Waals surface area contributed by atoms with Crippen molar-refractivity contribution in [3.8, 4) is 0 Å². The number of rotatable bonds is 3. The van der Waals surface area contributed by atoms with Crippen LogP contribution in [0, 0.1) is 6.92 Å². The Labute approximate surface area is 103 Å². The maximum absolute atomic E-state index is 12.0. The Bertz CT molecular complexity index is 510. The Balaban J connectivity index is 2.97. The van der Waals surface area contributed by atoms with Crippen LogP contribution >= 0.6 is 0 Å². The molecule has 0 aliphatic heterocycles. The molecule has 1 heterocycles. The van der Waals surface area contributed by atoms with Crippen molar-refractivity contribution >= 4 is 12.0 Å². The first-order valence-corrected chi connectivity index (χ1v) is 5.20. The van der Waals surface area contributed by atoms with Gasteiger partial charge in [0.05, 0.1) is 17.5 Å². The predicted octanol–water partition coefficient (Wildman–Crippen LogP) is 3.37. The van der Waals surface area contributed by atoms with Gasteiger partial charge in [-0.15, -0.1) is 0 Å². The van der Waals surface area contributed by atoms with Gasteiger partial charge >= 0.3 is 6.18 Å². The van der Waals surface area contributed by atoms with E-state index < -0.39 is 6.18 Å². The zero-order valence-corrected chi connectivity index (χ0v) is 10.2. The molecule has 0 fully saturated rings. The SMILES string of the molecule is CC(=O)c1cnn(/C=C(C)/C=C/C(F)(F)F)c1C. The number of alkyl halides is 3. The maximum Gasteiger partial charge on any atom is 0.409 e. The minimum absolute atomic E-state index is 0.129. The summed E-state index contributed by atoms with van der Waals surface area (Å²) in [6.45, 7) is 4.62. The molecule has 6 heteroatoms. The van der Waals surface area contributed by atoms with Crippen molar-refractivity contribution in [3.63, 3.8) is 0 Å². The van der Waals surface area contributed by atoms with Gasteiger partial charge in [0.2, 0.25) is 0 Å². The van der Waals surface area contributed by atoms with E-state index in [1.54, 1.807) is 6.92 Å². The van der Waals surface area contributed by atoms with Gasteiger partial charge in [-0.1, -0.05) is 6.08 Å². The van der Waals surface area contributed by atoms with Gasteiger partial charge in [-0.3, -0.25) is 4.79 Å². The van der Waals surface area contributed by atoms with E-state index in [4.69, 9.17) is 0 Å². The molecule has 98 valence electrons. The van der Waals surface area contributed by atoms with Crippen molar-refractivity contribution in [1.29, 1.82) is 0 Å². The summed E-state index contributed by atoms with van der Waals surface area (Å²) >= 11 is 0. The van der Waals surface area contributed by atoms with Gasteiger partial charge in [0, 0.05) is 12.3 Å². The van der Waals surface area contributed by atoms with Gasteiger partial charge < -0.3 is 0 Å². The average Bonchev–Trinajstić information content (AvgIpc) is 2.57. The quantitative estimate of drug-likeness (QED) is 0.615. The van der Waals surface area contributed by atoms with Crippen LogP contribution in [0.3, 0.4) is 0 Å². The Morgan fingerprint density at radius 3 is 2.44 bits per heavy atom. The van der Waals surface area contributed by atoms with E-state index >= 15 is 0 Å². The van der Waals surface area contributed by atoms with E-state index in [1.165, 1.54) is 30.9 Å². The summed E-state index contributed by atoms with van der Waals surface area (Å²) in [6.07, 6.45) is -0.393. The van der Waals surface area contributed by atoms with Crippen LogP contribution in [0.15, 0.2) is 23.9 Å². The van der Waals surface area contributed by atoms with Crippen LogP contribution in [0.25, 0.3) is 6.20 Å². The summed E-state index contributed by atoms with van der Waals surface area (Å²) in [7, 11) is 0. The van der Waals surface area contributed by atoms with Crippen LogP contribution in [0.4, 0.5) is 13.2 Å². The summed E-state index contributed by atoms with van der Waals surface area (Å²) in [5.74, 6) is -0.129. The number of hydrogen-bond acceptors (Lipinski definition) is 2. The second kappa shape index (κ2) is 5.20. The maximum atomic E-state index is 12.0. The van der Waals surface area contributed by atoms with E-state index in [0.717, 1.165) is 6.08 Å². The number of carbonyl (C=O) groups excluding carboxylic acids is 1. The Morgan fingerprint density at radius 1 is 1.39 bits per heavy atom. The Hall–Kier alpha value is -1.85. The number of halogens is 3. The standard InChI is InChI=1S/C12H13F3N2O/c1-8(4-5-12(13,14)15)7-17-9(2)11(6-16-17)10(3)18/h4-7H,1-3H3/b5-4+,8-7+. The third-order valence-electron chi connectivity index (χ3n) is 2.29. The molecule has 0 amide bonds. The summed E-state index contributed by atoms with van der Waals surface area (Å²) in [5, 5.41) is 3.93. The van der Waals surface area contributed by atoms with E-state index in [1.807, 2.05) is 0 Å². The van der Waals surface area contributed by atoms with Crippen LogP contribution in [0.1, 0.15) is 29.9 Å². The molecule has 0 aliphatic carbocycles. The fraction of sp³-hybridized carbons (Fsp3) is 0.333. The minimum Gasteiger partial charge on any atom is -0.294 e. The molecule has 1 rings (SSSR count). The van der Waals surface area contributed by atoms with Crippen molar-refractivity contribution in [2.24, 2.45) is 0 Å². The number of carbonyl (C=O) groups is 1. The van der Waals surface area contributed by atoms with E-state index in [0.29, 0.717) is 16.8 Å². The molecule has 0 aromatic carbocycles. The highest BCUT2D eigenvalue weighted by molar-refractivity contribution is 5.95. The van der Waals surface area contributed by atoms with Gasteiger partial charge in [-0.2, -0.15) is 18.3 Å². The number of Topliss-reactive ketones (excluding diaryl/α,β-unsaturated/α-hetero) is 1. The molecule has 0 N–H and O–H groups in total. The highest BCUT2D eigenvalue weighted by atomic mass is 19.4. The molecule has 0 bridgehead atoms. The molecule has 0 spiro atoms. The zero-order chi connectivity index (χ0) is 13.9. The normalized spacial score (nSPS) is 13.3. The second-order valence-electron chi connectivity index (χ2n) is 3.89. The van der Waals surface area contributed by atoms with E-state index in [-0.39, 0.29) is 11.9 Å². The predicted molar refractivity (Wildman–Crippen MR) is 62.1 cm³/mol. The fourth-order valence-electron chi connectivity index (χ4n) is 1.36. The number of aromatic nitrogens is 2. The van der Waals surface area contributed by atoms with Crippen LogP contribution in [-0.4, -0.2) is 21.7 Å². The van der Waals surface area contributed by atoms with Crippen LogP contribution < -0.4 is 0 Å². The van der Waals surface area contributed by atoms with E-state index in [2.05, 4.69) is 5.10 Å². The second-order valence-corrected chi connectivity index (χ2v) is 3.89. The topological polar surface area (TPSA) is 34.9 Å². The highest BCUT2D eigenvalue weighted by Gasteiger charge is 2.21. The number of nitrogens with zero attached hydrogens (tertiary/aromatic N) is 2. The molecule has 0 aliphatic rings. The zero-order valence-electron chi connectivity index (χ0n) is 10.2. The molecule has 3 nitrogen and oxygen atoms in total. The van der Waals surface area contributed by atoms with Gasteiger partial charge in [-0.05, 0) is 26.3 Å². The molecular formula is C12H13F3N2O. The van der Waals surface area contributed by atoms with E-state index in [9.17, 15) is 18.0 Å². The molecule has 1 aromatic heterocycles. The molecule has 0 atom stereocenters. The van der Waals surface area contributed by atoms with Crippen molar-refractivity contribution < 1.29 is 18.0 Å². The molecule has 0 radical (unpaired) electrons.